The van der Waals surface area contributed by atoms with Gasteiger partial charge in [-0.1, -0.05) is 72.6 Å². The summed E-state index contributed by atoms with van der Waals surface area (Å²) in [5.41, 5.74) is 0.962. The summed E-state index contributed by atoms with van der Waals surface area (Å²) in [6.45, 7) is 11.8. The van der Waals surface area contributed by atoms with E-state index in [-0.39, 0.29) is 0 Å². The van der Waals surface area contributed by atoms with Crippen molar-refractivity contribution in [3.8, 4) is 12.3 Å². The highest BCUT2D eigenvalue weighted by Gasteiger charge is 2.18. The van der Waals surface area contributed by atoms with Gasteiger partial charge in [-0.15, -0.1) is 6.42 Å². The highest BCUT2D eigenvalue weighted by Crippen LogP contribution is 2.32. The predicted octanol–water partition coefficient (Wildman–Crippen LogP) is 5.95. The van der Waals surface area contributed by atoms with Crippen molar-refractivity contribution in [2.24, 2.45) is 10.8 Å². The van der Waals surface area contributed by atoms with E-state index in [0.29, 0.717) is 10.8 Å². The summed E-state index contributed by atoms with van der Waals surface area (Å²) in [6.07, 6.45) is 16.9. The quantitative estimate of drug-likeness (QED) is 0.368. The third-order valence-electron chi connectivity index (χ3n) is 4.30. The van der Waals surface area contributed by atoms with Crippen LogP contribution in [0.15, 0.2) is 0 Å². The summed E-state index contributed by atoms with van der Waals surface area (Å²) < 4.78 is 0. The second kappa shape index (κ2) is 10.3. The number of hydrogen-bond acceptors (Lipinski definition) is 1. The lowest BCUT2D eigenvalue weighted by molar-refractivity contribution is 0.217. The number of terminal acetylenes is 1. The molecule has 0 bridgehead atoms. The molecule has 0 aliphatic heterocycles. The summed E-state index contributed by atoms with van der Waals surface area (Å²) in [4.78, 5) is 0. The zero-order valence-corrected chi connectivity index (χ0v) is 15.2. The standard InChI is InChI=1S/C20H38O/c1-7-18(21)14-11-9-8-10-12-16-20(5,6)17-13-15-19(2,3)4/h1,18,21H,8-17H2,2-6H3. The summed E-state index contributed by atoms with van der Waals surface area (Å²) in [5.74, 6) is 2.37. The van der Waals surface area contributed by atoms with Crippen LogP contribution >= 0.6 is 0 Å². The molecule has 0 aromatic heterocycles. The molecule has 0 saturated carbocycles. The Morgan fingerprint density at radius 1 is 0.810 bits per heavy atom. The molecule has 0 aromatic rings. The molecular weight excluding hydrogens is 256 g/mol. The maximum Gasteiger partial charge on any atom is 0.114 e. The minimum Gasteiger partial charge on any atom is -0.380 e. The Morgan fingerprint density at radius 2 is 1.33 bits per heavy atom. The molecule has 0 radical (unpaired) electrons. The molecule has 0 rings (SSSR count). The summed E-state index contributed by atoms with van der Waals surface area (Å²) in [6, 6.07) is 0. The van der Waals surface area contributed by atoms with Crippen LogP contribution in [0.4, 0.5) is 0 Å². The summed E-state index contributed by atoms with van der Waals surface area (Å²) in [7, 11) is 0. The number of unbranched alkanes of at least 4 members (excludes halogenated alkanes) is 4. The zero-order chi connectivity index (χ0) is 16.4. The first-order chi connectivity index (χ1) is 9.66. The van der Waals surface area contributed by atoms with Gasteiger partial charge >= 0.3 is 0 Å². The smallest absolute Gasteiger partial charge is 0.114 e. The van der Waals surface area contributed by atoms with Gasteiger partial charge in [-0.3, -0.25) is 0 Å². The van der Waals surface area contributed by atoms with Crippen molar-refractivity contribution >= 4 is 0 Å². The van der Waals surface area contributed by atoms with Gasteiger partial charge in [0, 0.05) is 0 Å². The van der Waals surface area contributed by atoms with Gasteiger partial charge in [-0.2, -0.15) is 0 Å². The van der Waals surface area contributed by atoms with Gasteiger partial charge < -0.3 is 5.11 Å². The molecule has 0 amide bonds. The van der Waals surface area contributed by atoms with Crippen LogP contribution in [0.1, 0.15) is 98.8 Å². The third-order valence-corrected chi connectivity index (χ3v) is 4.30. The lowest BCUT2D eigenvalue weighted by atomic mass is 9.79. The van der Waals surface area contributed by atoms with E-state index in [2.05, 4.69) is 40.5 Å². The van der Waals surface area contributed by atoms with Gasteiger partial charge in [0.05, 0.1) is 0 Å². The lowest BCUT2D eigenvalue weighted by Crippen LogP contribution is -2.13. The van der Waals surface area contributed by atoms with Crippen molar-refractivity contribution in [1.82, 2.24) is 0 Å². The molecule has 0 saturated heterocycles. The van der Waals surface area contributed by atoms with E-state index in [4.69, 9.17) is 6.42 Å². The first-order valence-electron chi connectivity index (χ1n) is 8.80. The van der Waals surface area contributed by atoms with Crippen LogP contribution in [0, 0.1) is 23.2 Å². The van der Waals surface area contributed by atoms with Crippen molar-refractivity contribution < 1.29 is 5.11 Å². The lowest BCUT2D eigenvalue weighted by Gasteiger charge is -2.27. The van der Waals surface area contributed by atoms with E-state index >= 15 is 0 Å². The number of aliphatic hydroxyl groups excluding tert-OH is 1. The third kappa shape index (κ3) is 14.2. The molecule has 0 spiro atoms. The van der Waals surface area contributed by atoms with E-state index in [1.54, 1.807) is 0 Å². The SMILES string of the molecule is C#CC(O)CCCCCCCC(C)(C)CCCC(C)(C)C. The van der Waals surface area contributed by atoms with Gasteiger partial charge in [-0.05, 0) is 42.9 Å². The molecule has 0 aliphatic rings. The second-order valence-electron chi connectivity index (χ2n) is 8.57. The minimum atomic E-state index is -0.535. The van der Waals surface area contributed by atoms with Crippen LogP contribution < -0.4 is 0 Å². The molecule has 124 valence electrons. The van der Waals surface area contributed by atoms with E-state index in [0.717, 1.165) is 12.8 Å². The maximum absolute atomic E-state index is 9.27. The predicted molar refractivity (Wildman–Crippen MR) is 94.2 cm³/mol. The van der Waals surface area contributed by atoms with Crippen molar-refractivity contribution in [1.29, 1.82) is 0 Å². The zero-order valence-electron chi connectivity index (χ0n) is 15.2. The normalized spacial score (nSPS) is 14.0. The Morgan fingerprint density at radius 3 is 1.90 bits per heavy atom. The first-order valence-corrected chi connectivity index (χ1v) is 8.80. The number of rotatable bonds is 11. The van der Waals surface area contributed by atoms with Crippen molar-refractivity contribution in [2.75, 3.05) is 0 Å². The van der Waals surface area contributed by atoms with Crippen LogP contribution in [0.25, 0.3) is 0 Å². The summed E-state index contributed by atoms with van der Waals surface area (Å²) in [5, 5.41) is 9.27. The van der Waals surface area contributed by atoms with Crippen LogP contribution in [-0.2, 0) is 0 Å². The van der Waals surface area contributed by atoms with Crippen LogP contribution in [0.2, 0.25) is 0 Å². The van der Waals surface area contributed by atoms with Gasteiger partial charge in [-0.25, -0.2) is 0 Å². The van der Waals surface area contributed by atoms with Crippen LogP contribution in [0.5, 0.6) is 0 Å². The van der Waals surface area contributed by atoms with Gasteiger partial charge in [0.15, 0.2) is 0 Å². The highest BCUT2D eigenvalue weighted by atomic mass is 16.3. The average Bonchev–Trinajstić information content (AvgIpc) is 2.35. The van der Waals surface area contributed by atoms with Crippen molar-refractivity contribution in [2.45, 2.75) is 105 Å². The maximum atomic E-state index is 9.27. The molecular formula is C20H38O. The first kappa shape index (κ1) is 20.5. The van der Waals surface area contributed by atoms with Gasteiger partial charge in [0.25, 0.3) is 0 Å². The van der Waals surface area contributed by atoms with Crippen LogP contribution in [0.3, 0.4) is 0 Å². The molecule has 21 heavy (non-hydrogen) atoms. The Hall–Kier alpha value is -0.480. The Bertz CT molecular complexity index is 290. The minimum absolute atomic E-state index is 0.471. The van der Waals surface area contributed by atoms with E-state index < -0.39 is 6.10 Å². The highest BCUT2D eigenvalue weighted by molar-refractivity contribution is 4.92. The Labute approximate surface area is 133 Å². The van der Waals surface area contributed by atoms with Crippen molar-refractivity contribution in [3.05, 3.63) is 0 Å². The topological polar surface area (TPSA) is 20.2 Å². The van der Waals surface area contributed by atoms with Gasteiger partial charge in [0.1, 0.15) is 6.10 Å². The monoisotopic (exact) mass is 294 g/mol. The van der Waals surface area contributed by atoms with E-state index in [1.165, 1.54) is 51.4 Å². The molecule has 1 nitrogen and oxygen atoms in total. The second-order valence-corrected chi connectivity index (χ2v) is 8.57. The fourth-order valence-corrected chi connectivity index (χ4v) is 2.78. The molecule has 1 atom stereocenters. The molecule has 1 N–H and O–H groups in total. The van der Waals surface area contributed by atoms with E-state index in [1.807, 2.05) is 0 Å². The summed E-state index contributed by atoms with van der Waals surface area (Å²) >= 11 is 0. The average molecular weight is 295 g/mol. The fourth-order valence-electron chi connectivity index (χ4n) is 2.78. The van der Waals surface area contributed by atoms with Gasteiger partial charge in [0.2, 0.25) is 0 Å². The molecule has 0 heterocycles. The Balaban J connectivity index is 3.55. The molecule has 0 aliphatic carbocycles. The molecule has 1 heteroatoms. The number of hydrogen-bond donors (Lipinski definition) is 1. The van der Waals surface area contributed by atoms with E-state index in [9.17, 15) is 5.11 Å². The number of aliphatic hydroxyl groups is 1. The van der Waals surface area contributed by atoms with Crippen LogP contribution in [-0.4, -0.2) is 11.2 Å². The molecule has 0 aromatic carbocycles. The fraction of sp³-hybridized carbons (Fsp3) is 0.900. The molecule has 1 unspecified atom stereocenters. The largest absolute Gasteiger partial charge is 0.380 e. The molecule has 0 fully saturated rings. The Kier molecular flexibility index (Phi) is 10.0. The van der Waals surface area contributed by atoms with Crippen molar-refractivity contribution in [3.63, 3.8) is 0 Å².